The van der Waals surface area contributed by atoms with E-state index in [1.165, 1.54) is 65.6 Å². The summed E-state index contributed by atoms with van der Waals surface area (Å²) in [5.74, 6) is 3.53. The molecule has 1 aromatic carbocycles. The highest BCUT2D eigenvalue weighted by Gasteiger charge is 2.54. The van der Waals surface area contributed by atoms with Crippen LogP contribution in [0.15, 0.2) is 157 Å². The Bertz CT molecular complexity index is 2040. The first-order valence-corrected chi connectivity index (χ1v) is 23.3. The van der Waals surface area contributed by atoms with E-state index in [1.807, 2.05) is 6.08 Å². The van der Waals surface area contributed by atoms with Gasteiger partial charge in [0.25, 0.3) is 0 Å². The summed E-state index contributed by atoms with van der Waals surface area (Å²) in [6.07, 6.45) is 49.1. The fourth-order valence-electron chi connectivity index (χ4n) is 11.6. The average molecular weight is 786 g/mol. The molecule has 3 heteroatoms. The maximum atomic E-state index is 6.79. The third-order valence-electron chi connectivity index (χ3n) is 15.3. The monoisotopic (exact) mass is 786 g/mol. The number of benzene rings is 1. The second-order valence-electron chi connectivity index (χ2n) is 19.1. The highest BCUT2D eigenvalue weighted by atomic mass is 16.5. The van der Waals surface area contributed by atoms with Crippen LogP contribution in [0.1, 0.15) is 129 Å². The zero-order valence-electron chi connectivity index (χ0n) is 37.4. The number of hydrogen-bond donors (Lipinski definition) is 0. The van der Waals surface area contributed by atoms with Crippen LogP contribution in [-0.4, -0.2) is 30.9 Å². The Balaban J connectivity index is 1.14. The molecule has 1 aromatic rings. The van der Waals surface area contributed by atoms with Gasteiger partial charge in [0, 0.05) is 18.3 Å². The van der Waals surface area contributed by atoms with Crippen molar-refractivity contribution in [2.45, 2.75) is 136 Å². The van der Waals surface area contributed by atoms with Gasteiger partial charge in [-0.15, -0.1) is 0 Å². The molecule has 59 heavy (non-hydrogen) atoms. The number of rotatable bonds is 15. The van der Waals surface area contributed by atoms with Crippen molar-refractivity contribution in [3.63, 3.8) is 0 Å². The summed E-state index contributed by atoms with van der Waals surface area (Å²) in [5.41, 5.74) is 11.4. The number of hydrogen-bond acceptors (Lipinski definition) is 2. The molecule has 310 valence electrons. The molecule has 2 aliphatic heterocycles. The molecule has 0 saturated heterocycles. The molecule has 5 unspecified atom stereocenters. The Hall–Kier alpha value is -4.24. The third kappa shape index (κ3) is 9.11. The lowest BCUT2D eigenvalue weighted by atomic mass is 9.60. The molecule has 0 radical (unpaired) electrons. The first kappa shape index (κ1) is 42.9. The van der Waals surface area contributed by atoms with Crippen LogP contribution in [0.3, 0.4) is 0 Å². The maximum absolute atomic E-state index is 6.79. The smallest absolute Gasteiger partial charge is 0.165 e. The molecule has 0 aromatic heterocycles. The summed E-state index contributed by atoms with van der Waals surface area (Å²) in [7, 11) is 1.18. The molecule has 0 amide bonds. The van der Waals surface area contributed by atoms with Gasteiger partial charge in [-0.2, -0.15) is 0 Å². The molecule has 7 atom stereocenters. The van der Waals surface area contributed by atoms with Crippen molar-refractivity contribution in [3.05, 3.63) is 168 Å². The Kier molecular flexibility index (Phi) is 13.8. The molecule has 4 aliphatic carbocycles. The Labute approximate surface area is 359 Å². The Morgan fingerprint density at radius 3 is 2.73 bits per heavy atom. The van der Waals surface area contributed by atoms with Crippen molar-refractivity contribution in [2.75, 3.05) is 6.54 Å². The predicted molar refractivity (Wildman–Crippen MR) is 257 cm³/mol. The zero-order chi connectivity index (χ0) is 41.6. The summed E-state index contributed by atoms with van der Waals surface area (Å²) >= 11 is 0. The topological polar surface area (TPSA) is 12.5 Å². The van der Waals surface area contributed by atoms with E-state index in [0.717, 1.165) is 63.7 Å². The van der Waals surface area contributed by atoms with Crippen molar-refractivity contribution >= 4 is 18.3 Å². The Morgan fingerprint density at radius 2 is 1.93 bits per heavy atom. The van der Waals surface area contributed by atoms with E-state index in [9.17, 15) is 0 Å². The third-order valence-corrected chi connectivity index (χ3v) is 15.3. The second kappa shape index (κ2) is 19.0. The van der Waals surface area contributed by atoms with Crippen molar-refractivity contribution in [1.82, 2.24) is 4.90 Å². The molecule has 2 heterocycles. The van der Waals surface area contributed by atoms with Crippen LogP contribution < -0.4 is 5.46 Å². The molecule has 0 bridgehead atoms. The molecule has 7 rings (SSSR count). The normalized spacial score (nSPS) is 30.1. The number of nitrogens with zero attached hydrogens (tertiary/aromatic N) is 1. The quantitative estimate of drug-likeness (QED) is 0.0998. The van der Waals surface area contributed by atoms with Gasteiger partial charge >= 0.3 is 0 Å². The van der Waals surface area contributed by atoms with Crippen LogP contribution >= 0.6 is 0 Å². The van der Waals surface area contributed by atoms with E-state index >= 15 is 0 Å². The van der Waals surface area contributed by atoms with Crippen LogP contribution in [0.25, 0.3) is 5.57 Å². The fourth-order valence-corrected chi connectivity index (χ4v) is 11.6. The summed E-state index contributed by atoms with van der Waals surface area (Å²) in [4.78, 5) is 2.76. The first-order chi connectivity index (χ1) is 28.6. The summed E-state index contributed by atoms with van der Waals surface area (Å²) < 4.78 is 6.79. The van der Waals surface area contributed by atoms with Crippen LogP contribution in [0, 0.1) is 22.7 Å². The molecular formula is C56H72BNO. The van der Waals surface area contributed by atoms with Crippen LogP contribution in [-0.2, 0) is 4.74 Å². The molecule has 6 aliphatic rings. The Morgan fingerprint density at radius 1 is 1.07 bits per heavy atom. The van der Waals surface area contributed by atoms with Crippen molar-refractivity contribution < 1.29 is 4.74 Å². The number of fused-ring (bicyclic) bond motifs is 4. The highest BCUT2D eigenvalue weighted by Crippen LogP contribution is 2.62. The van der Waals surface area contributed by atoms with Crippen LogP contribution in [0.5, 0.6) is 0 Å². The van der Waals surface area contributed by atoms with Crippen molar-refractivity contribution in [2.24, 2.45) is 22.7 Å². The van der Waals surface area contributed by atoms with Gasteiger partial charge in [0.05, 0.1) is 0 Å². The molecule has 2 nitrogen and oxygen atoms in total. The molecule has 1 fully saturated rings. The van der Waals surface area contributed by atoms with Crippen molar-refractivity contribution in [3.8, 4) is 0 Å². The predicted octanol–water partition coefficient (Wildman–Crippen LogP) is 13.9. The molecule has 0 N–H and O–H groups in total. The minimum absolute atomic E-state index is 0.00981. The van der Waals surface area contributed by atoms with E-state index in [-0.39, 0.29) is 16.9 Å². The van der Waals surface area contributed by atoms with E-state index in [4.69, 9.17) is 11.3 Å². The van der Waals surface area contributed by atoms with Gasteiger partial charge in [0.2, 0.25) is 0 Å². The minimum atomic E-state index is 0.00981. The van der Waals surface area contributed by atoms with E-state index in [2.05, 4.69) is 162 Å². The summed E-state index contributed by atoms with van der Waals surface area (Å²) in [5, 5.41) is 0. The summed E-state index contributed by atoms with van der Waals surface area (Å²) in [6.45, 7) is 24.2. The van der Waals surface area contributed by atoms with E-state index < -0.39 is 0 Å². The fraction of sp³-hybridized carbons (Fsp3) is 0.464. The average Bonchev–Trinajstić information content (AvgIpc) is 3.74. The lowest BCUT2D eigenvalue weighted by Gasteiger charge is -2.41. The number of allylic oxidation sites excluding steroid dienone is 18. The standard InChI is InChI=1S/C56H72BNO/c1-9-22-41(43-32-34-52-49(38-43)48-27-16-17-29-51(48)57-52)25-21-36-58(46(11-3)37-44-39-55(6,7)56(8)35-20-19-28-50(44)56)45(10-2)33-31-40(5)47-26-15-13-23-42-24-14-18-30-54(42)59-53(47)12-4/h9,11,13,15,17-22,25-26,28-30,32,34-35,38,44-45,48,50-51,53,57H,1,5,10,12,14,16,23-24,27,31,33,36-37,39H2,2-4,6-8H3/b15-13-,25-21-,41-22+,46-11+,47-26-/t44-,45?,48?,50?,51?,53+,56?/m1/s1. The summed E-state index contributed by atoms with van der Waals surface area (Å²) in [6, 6.07) is 7.61. The van der Waals surface area contributed by atoms with Gasteiger partial charge in [0.1, 0.15) is 11.9 Å². The van der Waals surface area contributed by atoms with E-state index in [0.29, 0.717) is 29.6 Å². The van der Waals surface area contributed by atoms with Gasteiger partial charge in [0.15, 0.2) is 7.28 Å². The van der Waals surface area contributed by atoms with Gasteiger partial charge in [-0.25, -0.2) is 0 Å². The second-order valence-corrected chi connectivity index (χ2v) is 19.1. The van der Waals surface area contributed by atoms with Crippen LogP contribution in [0.4, 0.5) is 0 Å². The lowest BCUT2D eigenvalue weighted by Crippen LogP contribution is -2.36. The van der Waals surface area contributed by atoms with Crippen LogP contribution in [0.2, 0.25) is 5.82 Å². The van der Waals surface area contributed by atoms with Crippen molar-refractivity contribution in [1.29, 1.82) is 0 Å². The van der Waals surface area contributed by atoms with E-state index in [1.54, 1.807) is 5.56 Å². The first-order valence-electron chi connectivity index (χ1n) is 23.3. The lowest BCUT2D eigenvalue weighted by molar-refractivity contribution is 0.148. The minimum Gasteiger partial charge on any atom is -0.486 e. The van der Waals surface area contributed by atoms with Gasteiger partial charge < -0.3 is 9.64 Å². The molecular weight excluding hydrogens is 713 g/mol. The largest absolute Gasteiger partial charge is 0.486 e. The van der Waals surface area contributed by atoms with Gasteiger partial charge in [-0.05, 0) is 146 Å². The highest BCUT2D eigenvalue weighted by molar-refractivity contribution is 6.58. The van der Waals surface area contributed by atoms with Gasteiger partial charge in [-0.1, -0.05) is 168 Å². The maximum Gasteiger partial charge on any atom is 0.165 e. The zero-order valence-corrected chi connectivity index (χ0v) is 37.4. The SMILES string of the molecule is C=C/C=C(\C=C/CN(/C(=C/C)C[C@@H]1CC(C)(C)C2(C)C=CC=CC12)C(CC)CCC(=C)/C1=C/C=C\CC2=C(C=CCC2)O[C@H]1CC)c1ccc2c(c1)C1CCC=CC1B2. The number of ether oxygens (including phenoxy) is 1. The molecule has 1 saturated carbocycles. The molecule has 0 spiro atoms. The van der Waals surface area contributed by atoms with Gasteiger partial charge in [-0.3, -0.25) is 0 Å².